The Morgan fingerprint density at radius 3 is 3.17 bits per heavy atom. The standard InChI is InChI=1S/C15H18N2O/c1-9-6-14-12(17(9)2)7-10-8-16-11-4-3-5-13(18-14)15(10)11/h3-5,8-9,12,14,16H,6-7H2,1-2H3/t9-,12-,14+/m1/s1. The van der Waals surface area contributed by atoms with E-state index in [1.54, 1.807) is 0 Å². The van der Waals surface area contributed by atoms with Crippen molar-refractivity contribution in [2.45, 2.75) is 38.0 Å². The van der Waals surface area contributed by atoms with Gasteiger partial charge in [-0.2, -0.15) is 0 Å². The lowest BCUT2D eigenvalue weighted by atomic mass is 10.0. The fraction of sp³-hybridized carbons (Fsp3) is 0.467. The summed E-state index contributed by atoms with van der Waals surface area (Å²) in [7, 11) is 2.22. The van der Waals surface area contributed by atoms with Crippen LogP contribution in [0, 0.1) is 0 Å². The fourth-order valence-corrected chi connectivity index (χ4v) is 3.52. The van der Waals surface area contributed by atoms with Crippen LogP contribution in [0.1, 0.15) is 18.9 Å². The molecule has 18 heavy (non-hydrogen) atoms. The number of benzene rings is 1. The maximum Gasteiger partial charge on any atom is 0.129 e. The highest BCUT2D eigenvalue weighted by atomic mass is 16.5. The molecule has 2 aliphatic heterocycles. The summed E-state index contributed by atoms with van der Waals surface area (Å²) in [5.74, 6) is 1.05. The van der Waals surface area contributed by atoms with Crippen LogP contribution in [0.4, 0.5) is 0 Å². The van der Waals surface area contributed by atoms with Crippen LogP contribution in [-0.4, -0.2) is 35.1 Å². The number of aromatic nitrogens is 1. The van der Waals surface area contributed by atoms with Crippen LogP contribution in [0.25, 0.3) is 10.9 Å². The van der Waals surface area contributed by atoms with Gasteiger partial charge in [0.05, 0.1) is 6.04 Å². The molecule has 3 heterocycles. The molecular formula is C15H18N2O. The highest BCUT2D eigenvalue weighted by Gasteiger charge is 2.40. The first-order chi connectivity index (χ1) is 8.74. The molecule has 1 N–H and O–H groups in total. The van der Waals surface area contributed by atoms with Crippen molar-refractivity contribution in [2.24, 2.45) is 0 Å². The van der Waals surface area contributed by atoms with Crippen LogP contribution < -0.4 is 4.74 Å². The Morgan fingerprint density at radius 2 is 2.28 bits per heavy atom. The van der Waals surface area contributed by atoms with E-state index in [4.69, 9.17) is 4.74 Å². The zero-order chi connectivity index (χ0) is 12.3. The molecule has 0 bridgehead atoms. The zero-order valence-electron chi connectivity index (χ0n) is 10.8. The lowest BCUT2D eigenvalue weighted by Crippen LogP contribution is -2.37. The van der Waals surface area contributed by atoms with E-state index >= 15 is 0 Å². The van der Waals surface area contributed by atoms with Gasteiger partial charge >= 0.3 is 0 Å². The molecule has 4 rings (SSSR count). The number of likely N-dealkylation sites (tertiary alicyclic amines) is 1. The van der Waals surface area contributed by atoms with E-state index in [1.807, 2.05) is 0 Å². The first kappa shape index (κ1) is 10.4. The van der Waals surface area contributed by atoms with E-state index in [0.717, 1.165) is 18.6 Å². The van der Waals surface area contributed by atoms with Crippen molar-refractivity contribution in [1.29, 1.82) is 0 Å². The lowest BCUT2D eigenvalue weighted by Gasteiger charge is -2.24. The summed E-state index contributed by atoms with van der Waals surface area (Å²) in [6.07, 6.45) is 4.70. The van der Waals surface area contributed by atoms with Crippen molar-refractivity contribution in [3.05, 3.63) is 30.0 Å². The summed E-state index contributed by atoms with van der Waals surface area (Å²) in [5, 5.41) is 1.29. The van der Waals surface area contributed by atoms with Gasteiger partial charge in [0.15, 0.2) is 0 Å². The van der Waals surface area contributed by atoms with Gasteiger partial charge in [0.2, 0.25) is 0 Å². The molecule has 0 aliphatic carbocycles. The fourth-order valence-electron chi connectivity index (χ4n) is 3.52. The average Bonchev–Trinajstić information content (AvgIpc) is 2.82. The Balaban J connectivity index is 1.87. The lowest BCUT2D eigenvalue weighted by molar-refractivity contribution is 0.150. The number of nitrogens with zero attached hydrogens (tertiary/aromatic N) is 1. The minimum atomic E-state index is 0.336. The molecule has 3 nitrogen and oxygen atoms in total. The third kappa shape index (κ3) is 1.28. The quantitative estimate of drug-likeness (QED) is 0.769. The third-order valence-corrected chi connectivity index (χ3v) is 4.68. The third-order valence-electron chi connectivity index (χ3n) is 4.68. The number of aromatic amines is 1. The molecule has 1 fully saturated rings. The van der Waals surface area contributed by atoms with Crippen molar-refractivity contribution >= 4 is 10.9 Å². The minimum Gasteiger partial charge on any atom is -0.488 e. The van der Waals surface area contributed by atoms with Gasteiger partial charge in [-0.05, 0) is 38.1 Å². The summed E-state index contributed by atoms with van der Waals surface area (Å²) < 4.78 is 6.29. The SMILES string of the molecule is C[C@@H]1C[C@@H]2Oc3cccc4[nH]cc(c34)C[C@H]2N1C. The molecular weight excluding hydrogens is 224 g/mol. The summed E-state index contributed by atoms with van der Waals surface area (Å²) in [5.41, 5.74) is 2.59. The van der Waals surface area contributed by atoms with Crippen molar-refractivity contribution in [3.63, 3.8) is 0 Å². The molecule has 2 aromatic rings. The normalized spacial score (nSPS) is 31.1. The van der Waals surface area contributed by atoms with Gasteiger partial charge in [-0.3, -0.25) is 4.90 Å². The summed E-state index contributed by atoms with van der Waals surface area (Å²) >= 11 is 0. The molecule has 3 atom stereocenters. The molecule has 94 valence electrons. The van der Waals surface area contributed by atoms with Gasteiger partial charge in [0.25, 0.3) is 0 Å². The number of ether oxygens (including phenoxy) is 1. The van der Waals surface area contributed by atoms with Crippen LogP contribution in [0.5, 0.6) is 5.75 Å². The second-order valence-corrected chi connectivity index (χ2v) is 5.67. The molecule has 0 radical (unpaired) electrons. The van der Waals surface area contributed by atoms with E-state index in [9.17, 15) is 0 Å². The number of hydrogen-bond donors (Lipinski definition) is 1. The first-order valence-electron chi connectivity index (χ1n) is 6.71. The molecule has 2 aliphatic rings. The molecule has 0 saturated carbocycles. The molecule has 0 spiro atoms. The van der Waals surface area contributed by atoms with Crippen molar-refractivity contribution < 1.29 is 4.74 Å². The van der Waals surface area contributed by atoms with E-state index in [2.05, 4.69) is 48.3 Å². The predicted octanol–water partition coefficient (Wildman–Crippen LogP) is 2.56. The average molecular weight is 242 g/mol. The van der Waals surface area contributed by atoms with Crippen LogP contribution in [0.15, 0.2) is 24.4 Å². The number of rotatable bonds is 0. The van der Waals surface area contributed by atoms with Gasteiger partial charge in [-0.25, -0.2) is 0 Å². The van der Waals surface area contributed by atoms with E-state index in [-0.39, 0.29) is 0 Å². The predicted molar refractivity (Wildman–Crippen MR) is 72.0 cm³/mol. The highest BCUT2D eigenvalue weighted by Crippen LogP contribution is 2.38. The molecule has 1 aromatic carbocycles. The number of hydrogen-bond acceptors (Lipinski definition) is 2. The van der Waals surface area contributed by atoms with Crippen molar-refractivity contribution in [2.75, 3.05) is 7.05 Å². The first-order valence-corrected chi connectivity index (χ1v) is 6.71. The minimum absolute atomic E-state index is 0.336. The summed E-state index contributed by atoms with van der Waals surface area (Å²) in [4.78, 5) is 5.82. The van der Waals surface area contributed by atoms with Gasteiger partial charge in [-0.15, -0.1) is 0 Å². The van der Waals surface area contributed by atoms with Gasteiger partial charge in [-0.1, -0.05) is 6.07 Å². The zero-order valence-corrected chi connectivity index (χ0v) is 10.8. The van der Waals surface area contributed by atoms with Gasteiger partial charge < -0.3 is 9.72 Å². The Labute approximate surface area is 107 Å². The Bertz CT molecular complexity index is 604. The number of nitrogens with one attached hydrogen (secondary N) is 1. The van der Waals surface area contributed by atoms with E-state index in [1.165, 1.54) is 16.5 Å². The maximum absolute atomic E-state index is 6.29. The Hall–Kier alpha value is -1.48. The topological polar surface area (TPSA) is 28.3 Å². The summed E-state index contributed by atoms with van der Waals surface area (Å²) in [6.45, 7) is 2.29. The second kappa shape index (κ2) is 3.51. The van der Waals surface area contributed by atoms with Crippen molar-refractivity contribution in [3.8, 4) is 5.75 Å². The molecule has 1 saturated heterocycles. The monoisotopic (exact) mass is 242 g/mol. The van der Waals surface area contributed by atoms with Crippen LogP contribution >= 0.6 is 0 Å². The number of likely N-dealkylation sites (N-methyl/N-ethyl adjacent to an activating group) is 1. The maximum atomic E-state index is 6.29. The van der Waals surface area contributed by atoms with Gasteiger partial charge in [0.1, 0.15) is 11.9 Å². The Morgan fingerprint density at radius 1 is 1.39 bits per heavy atom. The van der Waals surface area contributed by atoms with E-state index in [0.29, 0.717) is 18.2 Å². The van der Waals surface area contributed by atoms with Crippen molar-refractivity contribution in [1.82, 2.24) is 9.88 Å². The highest BCUT2D eigenvalue weighted by molar-refractivity contribution is 5.89. The van der Waals surface area contributed by atoms with Gasteiger partial charge in [0, 0.05) is 29.6 Å². The smallest absolute Gasteiger partial charge is 0.129 e. The van der Waals surface area contributed by atoms with Crippen LogP contribution in [0.3, 0.4) is 0 Å². The second-order valence-electron chi connectivity index (χ2n) is 5.67. The molecule has 0 amide bonds. The molecule has 3 heteroatoms. The number of fused-ring (bicyclic) bond motifs is 1. The largest absolute Gasteiger partial charge is 0.488 e. The summed E-state index contributed by atoms with van der Waals surface area (Å²) in [6, 6.07) is 7.41. The molecule has 0 unspecified atom stereocenters. The molecule has 1 aromatic heterocycles. The Kier molecular flexibility index (Phi) is 2.04. The van der Waals surface area contributed by atoms with E-state index < -0.39 is 0 Å². The van der Waals surface area contributed by atoms with Crippen LogP contribution in [0.2, 0.25) is 0 Å². The van der Waals surface area contributed by atoms with Crippen LogP contribution in [-0.2, 0) is 6.42 Å². The number of H-pyrrole nitrogens is 1.